The highest BCUT2D eigenvalue weighted by Crippen LogP contribution is 2.15. The Morgan fingerprint density at radius 1 is 0.957 bits per heavy atom. The zero-order valence-electron chi connectivity index (χ0n) is 13.9. The molecule has 0 aliphatic rings. The number of ketones is 1. The van der Waals surface area contributed by atoms with E-state index in [-0.39, 0.29) is 11.8 Å². The van der Waals surface area contributed by atoms with E-state index >= 15 is 0 Å². The van der Waals surface area contributed by atoms with E-state index in [0.717, 1.165) is 6.42 Å². The number of ether oxygens (including phenoxy) is 1. The molecule has 0 amide bonds. The highest BCUT2D eigenvalue weighted by Gasteiger charge is 2.10. The van der Waals surface area contributed by atoms with E-state index in [2.05, 4.69) is 32.0 Å². The molecule has 3 nitrogen and oxygen atoms in total. The molecule has 0 aliphatic carbocycles. The maximum atomic E-state index is 12.3. The van der Waals surface area contributed by atoms with Gasteiger partial charge in [0.05, 0.1) is 12.2 Å². The fraction of sp³-hybridized carbons (Fsp3) is 0.300. The van der Waals surface area contributed by atoms with Gasteiger partial charge in [0.1, 0.15) is 0 Å². The van der Waals surface area contributed by atoms with Gasteiger partial charge in [0, 0.05) is 12.0 Å². The summed E-state index contributed by atoms with van der Waals surface area (Å²) in [4.78, 5) is 23.9. The summed E-state index contributed by atoms with van der Waals surface area (Å²) in [6.45, 7) is 6.23. The van der Waals surface area contributed by atoms with Gasteiger partial charge in [-0.15, -0.1) is 0 Å². The molecule has 0 aromatic heterocycles. The van der Waals surface area contributed by atoms with Crippen molar-refractivity contribution in [2.75, 3.05) is 6.61 Å². The predicted octanol–water partition coefficient (Wildman–Crippen LogP) is 4.30. The maximum absolute atomic E-state index is 12.3. The quantitative estimate of drug-likeness (QED) is 0.590. The fourth-order valence-electron chi connectivity index (χ4n) is 2.47. The molecular weight excluding hydrogens is 288 g/mol. The van der Waals surface area contributed by atoms with Crippen molar-refractivity contribution in [3.8, 4) is 0 Å². The predicted molar refractivity (Wildman–Crippen MR) is 91.0 cm³/mol. The van der Waals surface area contributed by atoms with Crippen molar-refractivity contribution >= 4 is 11.8 Å². The van der Waals surface area contributed by atoms with E-state index < -0.39 is 0 Å². The molecule has 23 heavy (non-hydrogen) atoms. The topological polar surface area (TPSA) is 43.4 Å². The van der Waals surface area contributed by atoms with E-state index in [4.69, 9.17) is 4.74 Å². The van der Waals surface area contributed by atoms with Crippen LogP contribution in [0.15, 0.2) is 42.5 Å². The van der Waals surface area contributed by atoms with E-state index in [1.54, 1.807) is 31.2 Å². The lowest BCUT2D eigenvalue weighted by molar-refractivity contribution is 0.0526. The summed E-state index contributed by atoms with van der Waals surface area (Å²) in [7, 11) is 0. The van der Waals surface area contributed by atoms with Crippen LogP contribution >= 0.6 is 0 Å². The second-order valence-corrected chi connectivity index (χ2v) is 5.65. The molecule has 2 rings (SSSR count). The average Bonchev–Trinajstić information content (AvgIpc) is 2.55. The second-order valence-electron chi connectivity index (χ2n) is 5.65. The number of rotatable bonds is 6. The number of aryl methyl sites for hydroxylation is 3. The van der Waals surface area contributed by atoms with Crippen LogP contribution in [-0.4, -0.2) is 18.4 Å². The summed E-state index contributed by atoms with van der Waals surface area (Å²) >= 11 is 0. The molecule has 0 spiro atoms. The number of esters is 1. The molecule has 2 aromatic rings. The number of carbonyl (C=O) groups excluding carboxylic acids is 2. The average molecular weight is 310 g/mol. The Morgan fingerprint density at radius 2 is 1.61 bits per heavy atom. The third-order valence-electron chi connectivity index (χ3n) is 3.84. The van der Waals surface area contributed by atoms with Gasteiger partial charge in [-0.1, -0.05) is 35.9 Å². The first-order valence-corrected chi connectivity index (χ1v) is 7.87. The minimum Gasteiger partial charge on any atom is -0.462 e. The van der Waals surface area contributed by atoms with E-state index in [1.807, 2.05) is 0 Å². The van der Waals surface area contributed by atoms with Crippen LogP contribution in [0.25, 0.3) is 0 Å². The van der Waals surface area contributed by atoms with Gasteiger partial charge >= 0.3 is 5.97 Å². The third kappa shape index (κ3) is 4.52. The lowest BCUT2D eigenvalue weighted by Crippen LogP contribution is -2.06. The minimum atomic E-state index is -0.359. The molecule has 120 valence electrons. The van der Waals surface area contributed by atoms with Gasteiger partial charge in [-0.05, 0) is 50.5 Å². The largest absolute Gasteiger partial charge is 0.462 e. The Labute approximate surface area is 137 Å². The Hall–Kier alpha value is -2.42. The second kappa shape index (κ2) is 7.73. The number of hydrogen-bond acceptors (Lipinski definition) is 3. The Bertz CT molecular complexity index is 699. The van der Waals surface area contributed by atoms with Gasteiger partial charge in [0.15, 0.2) is 5.78 Å². The zero-order valence-corrected chi connectivity index (χ0v) is 13.9. The highest BCUT2D eigenvalue weighted by molar-refractivity contribution is 5.97. The minimum absolute atomic E-state index is 0.0846. The van der Waals surface area contributed by atoms with Gasteiger partial charge < -0.3 is 4.74 Å². The number of carbonyl (C=O) groups is 2. The lowest BCUT2D eigenvalue weighted by atomic mass is 9.98. The van der Waals surface area contributed by atoms with Crippen molar-refractivity contribution in [2.45, 2.75) is 33.6 Å². The van der Waals surface area contributed by atoms with Crippen LogP contribution in [0.3, 0.4) is 0 Å². The molecule has 0 saturated carbocycles. The van der Waals surface area contributed by atoms with Crippen molar-refractivity contribution in [2.24, 2.45) is 0 Å². The van der Waals surface area contributed by atoms with Gasteiger partial charge in [0.2, 0.25) is 0 Å². The van der Waals surface area contributed by atoms with Gasteiger partial charge in [-0.2, -0.15) is 0 Å². The van der Waals surface area contributed by atoms with Crippen molar-refractivity contribution in [1.29, 1.82) is 0 Å². The van der Waals surface area contributed by atoms with Crippen LogP contribution in [0.5, 0.6) is 0 Å². The van der Waals surface area contributed by atoms with Gasteiger partial charge in [-0.3, -0.25) is 4.79 Å². The zero-order chi connectivity index (χ0) is 16.8. The van der Waals surface area contributed by atoms with Crippen molar-refractivity contribution in [3.63, 3.8) is 0 Å². The van der Waals surface area contributed by atoms with Crippen LogP contribution in [0.2, 0.25) is 0 Å². The Balaban J connectivity index is 2.00. The van der Waals surface area contributed by atoms with Crippen molar-refractivity contribution in [1.82, 2.24) is 0 Å². The first kappa shape index (κ1) is 16.9. The highest BCUT2D eigenvalue weighted by atomic mass is 16.5. The van der Waals surface area contributed by atoms with E-state index in [9.17, 15) is 9.59 Å². The molecule has 0 atom stereocenters. The molecule has 0 bridgehead atoms. The molecule has 0 fully saturated rings. The molecule has 0 N–H and O–H groups in total. The Morgan fingerprint density at radius 3 is 2.26 bits per heavy atom. The van der Waals surface area contributed by atoms with Crippen LogP contribution in [0, 0.1) is 13.8 Å². The number of benzene rings is 2. The molecule has 0 saturated heterocycles. The molecule has 0 heterocycles. The monoisotopic (exact) mass is 310 g/mol. The van der Waals surface area contributed by atoms with Crippen molar-refractivity contribution in [3.05, 3.63) is 70.3 Å². The molecule has 3 heteroatoms. The molecule has 0 radical (unpaired) electrons. The smallest absolute Gasteiger partial charge is 0.338 e. The summed E-state index contributed by atoms with van der Waals surface area (Å²) in [6.07, 6.45) is 1.19. The fourth-order valence-corrected chi connectivity index (χ4v) is 2.47. The van der Waals surface area contributed by atoms with E-state index in [1.165, 1.54) is 16.7 Å². The van der Waals surface area contributed by atoms with Crippen LogP contribution in [0.4, 0.5) is 0 Å². The third-order valence-corrected chi connectivity index (χ3v) is 3.84. The summed E-state index contributed by atoms with van der Waals surface area (Å²) in [5, 5.41) is 0. The van der Waals surface area contributed by atoms with Gasteiger partial charge in [0.25, 0.3) is 0 Å². The number of hydrogen-bond donors (Lipinski definition) is 0. The van der Waals surface area contributed by atoms with Gasteiger partial charge in [-0.25, -0.2) is 4.79 Å². The van der Waals surface area contributed by atoms with Crippen molar-refractivity contribution < 1.29 is 14.3 Å². The van der Waals surface area contributed by atoms with E-state index in [0.29, 0.717) is 24.2 Å². The lowest BCUT2D eigenvalue weighted by Gasteiger charge is -2.07. The van der Waals surface area contributed by atoms with Crippen LogP contribution in [0.1, 0.15) is 50.8 Å². The SMILES string of the molecule is CCOC(=O)c1ccc(C(=O)CCc2cc(C)ccc2C)cc1. The van der Waals surface area contributed by atoms with Crippen LogP contribution < -0.4 is 0 Å². The molecule has 2 aromatic carbocycles. The standard InChI is InChI=1S/C20H22O3/c1-4-23-20(22)17-9-7-16(8-10-17)19(21)12-11-18-13-14(2)5-6-15(18)3/h5-10,13H,4,11-12H2,1-3H3. The van der Waals surface area contributed by atoms with Crippen LogP contribution in [-0.2, 0) is 11.2 Å². The summed E-state index contributed by atoms with van der Waals surface area (Å²) in [6, 6.07) is 13.0. The summed E-state index contributed by atoms with van der Waals surface area (Å²) < 4.78 is 4.93. The molecular formula is C20H22O3. The normalized spacial score (nSPS) is 10.4. The number of Topliss-reactive ketones (excluding diaryl/α,β-unsaturated/α-hetero) is 1. The first-order chi connectivity index (χ1) is 11.0. The first-order valence-electron chi connectivity index (χ1n) is 7.87. The Kier molecular flexibility index (Phi) is 5.69. The molecule has 0 unspecified atom stereocenters. The summed E-state index contributed by atoms with van der Waals surface area (Å²) in [5.74, 6) is -0.275. The summed E-state index contributed by atoms with van der Waals surface area (Å²) in [5.41, 5.74) is 4.72. The molecule has 0 aliphatic heterocycles. The maximum Gasteiger partial charge on any atom is 0.338 e.